The van der Waals surface area contributed by atoms with Gasteiger partial charge in [0.1, 0.15) is 6.04 Å². The van der Waals surface area contributed by atoms with Gasteiger partial charge in [-0.1, -0.05) is 0 Å². The van der Waals surface area contributed by atoms with E-state index in [1.165, 1.54) is 4.88 Å². The summed E-state index contributed by atoms with van der Waals surface area (Å²) < 4.78 is 0. The quantitative estimate of drug-likeness (QED) is 0.921. The monoisotopic (exact) mass is 309 g/mol. The largest absolute Gasteiger partial charge is 0.480 e. The molecule has 2 fully saturated rings. The first-order valence-corrected chi connectivity index (χ1v) is 8.63. The van der Waals surface area contributed by atoms with Crippen LogP contribution in [0.4, 0.5) is 0 Å². The molecule has 0 radical (unpaired) electrons. The number of nitrogens with zero attached hydrogens (tertiary/aromatic N) is 3. The highest BCUT2D eigenvalue weighted by atomic mass is 32.1. The lowest BCUT2D eigenvalue weighted by Gasteiger charge is -2.38. The van der Waals surface area contributed by atoms with Gasteiger partial charge in [-0.05, 0) is 39.2 Å². The first-order chi connectivity index (χ1) is 10.1. The fraction of sp³-hybridized carbons (Fsp3) is 0.733. The van der Waals surface area contributed by atoms with Crippen LogP contribution in [0.5, 0.6) is 0 Å². The van der Waals surface area contributed by atoms with Gasteiger partial charge in [0.25, 0.3) is 0 Å². The minimum Gasteiger partial charge on any atom is -0.480 e. The maximum Gasteiger partial charge on any atom is 0.320 e. The molecule has 2 saturated heterocycles. The summed E-state index contributed by atoms with van der Waals surface area (Å²) >= 11 is 1.73. The van der Waals surface area contributed by atoms with Gasteiger partial charge in [0.15, 0.2) is 0 Å². The van der Waals surface area contributed by atoms with E-state index in [0.29, 0.717) is 6.04 Å². The molecular formula is C15H23N3O2S. The summed E-state index contributed by atoms with van der Waals surface area (Å²) in [5.41, 5.74) is 3.06. The number of thiazole rings is 1. The van der Waals surface area contributed by atoms with Gasteiger partial charge in [-0.15, -0.1) is 11.3 Å². The number of likely N-dealkylation sites (tertiary alicyclic amines) is 2. The number of carboxylic acids is 1. The van der Waals surface area contributed by atoms with Crippen molar-refractivity contribution < 1.29 is 9.90 Å². The van der Waals surface area contributed by atoms with Gasteiger partial charge in [0.2, 0.25) is 0 Å². The van der Waals surface area contributed by atoms with Crippen molar-refractivity contribution in [3.8, 4) is 0 Å². The van der Waals surface area contributed by atoms with Crippen molar-refractivity contribution in [2.45, 2.75) is 51.2 Å². The first kappa shape index (κ1) is 14.9. The second kappa shape index (κ2) is 6.42. The molecule has 0 aliphatic carbocycles. The fourth-order valence-electron chi connectivity index (χ4n) is 3.58. The Morgan fingerprint density at radius 3 is 2.76 bits per heavy atom. The van der Waals surface area contributed by atoms with E-state index in [1.807, 2.05) is 5.51 Å². The van der Waals surface area contributed by atoms with Crippen molar-refractivity contribution in [3.63, 3.8) is 0 Å². The minimum absolute atomic E-state index is 0.245. The maximum absolute atomic E-state index is 11.3. The van der Waals surface area contributed by atoms with Gasteiger partial charge in [0, 0.05) is 30.6 Å². The standard InChI is InChI=1S/C15H23N3O2S/c1-11-14(21-10-16-11)9-17-7-4-12(5-8-17)18-6-2-3-13(18)15(19)20/h10,12-13H,2-9H2,1H3,(H,19,20). The molecule has 1 N–H and O–H groups in total. The van der Waals surface area contributed by atoms with Gasteiger partial charge in [-0.3, -0.25) is 14.6 Å². The second-order valence-corrected chi connectivity index (χ2v) is 7.04. The van der Waals surface area contributed by atoms with Crippen LogP contribution < -0.4 is 0 Å². The fourth-order valence-corrected chi connectivity index (χ4v) is 4.40. The molecule has 3 heterocycles. The molecule has 5 nitrogen and oxygen atoms in total. The van der Waals surface area contributed by atoms with Crippen molar-refractivity contribution in [1.29, 1.82) is 0 Å². The minimum atomic E-state index is -0.643. The van der Waals surface area contributed by atoms with Crippen LogP contribution in [0.3, 0.4) is 0 Å². The van der Waals surface area contributed by atoms with E-state index in [2.05, 4.69) is 21.7 Å². The summed E-state index contributed by atoms with van der Waals surface area (Å²) in [4.78, 5) is 21.7. The van der Waals surface area contributed by atoms with Crippen LogP contribution >= 0.6 is 11.3 Å². The summed E-state index contributed by atoms with van der Waals surface area (Å²) in [7, 11) is 0. The number of rotatable bonds is 4. The van der Waals surface area contributed by atoms with Crippen LogP contribution in [-0.2, 0) is 11.3 Å². The summed E-state index contributed by atoms with van der Waals surface area (Å²) in [6, 6.07) is 0.206. The number of hydrogen-bond donors (Lipinski definition) is 1. The number of aromatic nitrogens is 1. The molecule has 1 unspecified atom stereocenters. The summed E-state index contributed by atoms with van der Waals surface area (Å²) in [5, 5.41) is 9.31. The molecule has 6 heteroatoms. The summed E-state index contributed by atoms with van der Waals surface area (Å²) in [5.74, 6) is -0.643. The Morgan fingerprint density at radius 1 is 1.38 bits per heavy atom. The zero-order chi connectivity index (χ0) is 14.8. The molecule has 21 heavy (non-hydrogen) atoms. The van der Waals surface area contributed by atoms with E-state index in [4.69, 9.17) is 0 Å². The van der Waals surface area contributed by atoms with Gasteiger partial charge >= 0.3 is 5.97 Å². The topological polar surface area (TPSA) is 56.7 Å². The van der Waals surface area contributed by atoms with Crippen LogP contribution in [-0.4, -0.2) is 57.6 Å². The van der Waals surface area contributed by atoms with E-state index in [-0.39, 0.29) is 6.04 Å². The SMILES string of the molecule is Cc1ncsc1CN1CCC(N2CCCC2C(=O)O)CC1. The Balaban J connectivity index is 1.53. The van der Waals surface area contributed by atoms with Gasteiger partial charge < -0.3 is 5.11 Å². The van der Waals surface area contributed by atoms with Crippen molar-refractivity contribution in [1.82, 2.24) is 14.8 Å². The molecule has 2 aliphatic heterocycles. The smallest absolute Gasteiger partial charge is 0.320 e. The molecule has 1 atom stereocenters. The molecule has 0 aromatic carbocycles. The Morgan fingerprint density at radius 2 is 2.14 bits per heavy atom. The lowest BCUT2D eigenvalue weighted by atomic mass is 10.0. The van der Waals surface area contributed by atoms with E-state index in [9.17, 15) is 9.90 Å². The van der Waals surface area contributed by atoms with Gasteiger partial charge in [-0.25, -0.2) is 4.98 Å². The Kier molecular flexibility index (Phi) is 4.57. The molecular weight excluding hydrogens is 286 g/mol. The number of aliphatic carboxylic acids is 1. The van der Waals surface area contributed by atoms with Crippen molar-refractivity contribution in [3.05, 3.63) is 16.1 Å². The number of piperidine rings is 1. The summed E-state index contributed by atoms with van der Waals surface area (Å²) in [6.45, 7) is 6.14. The molecule has 0 spiro atoms. The molecule has 3 rings (SSSR count). The zero-order valence-electron chi connectivity index (χ0n) is 12.5. The third-order valence-corrected chi connectivity index (χ3v) is 5.74. The average molecular weight is 309 g/mol. The van der Waals surface area contributed by atoms with Crippen LogP contribution in [0, 0.1) is 6.92 Å². The highest BCUT2D eigenvalue weighted by molar-refractivity contribution is 7.09. The molecule has 0 saturated carbocycles. The number of carbonyl (C=O) groups is 1. The van der Waals surface area contributed by atoms with Crippen LogP contribution in [0.25, 0.3) is 0 Å². The van der Waals surface area contributed by atoms with E-state index in [0.717, 1.165) is 57.6 Å². The van der Waals surface area contributed by atoms with Crippen molar-refractivity contribution >= 4 is 17.3 Å². The first-order valence-electron chi connectivity index (χ1n) is 7.75. The third kappa shape index (κ3) is 3.27. The number of aryl methyl sites for hydroxylation is 1. The van der Waals surface area contributed by atoms with Gasteiger partial charge in [0.05, 0.1) is 11.2 Å². The van der Waals surface area contributed by atoms with Crippen LogP contribution in [0.2, 0.25) is 0 Å². The highest BCUT2D eigenvalue weighted by Gasteiger charge is 2.36. The number of hydrogen-bond acceptors (Lipinski definition) is 5. The molecule has 1 aromatic heterocycles. The van der Waals surface area contributed by atoms with Gasteiger partial charge in [-0.2, -0.15) is 0 Å². The maximum atomic E-state index is 11.3. The van der Waals surface area contributed by atoms with E-state index in [1.54, 1.807) is 11.3 Å². The lowest BCUT2D eigenvalue weighted by molar-refractivity contribution is -0.143. The normalized spacial score (nSPS) is 25.5. The lowest BCUT2D eigenvalue weighted by Crippen LogP contribution is -2.48. The summed E-state index contributed by atoms with van der Waals surface area (Å²) in [6.07, 6.45) is 4.01. The van der Waals surface area contributed by atoms with E-state index < -0.39 is 5.97 Å². The second-order valence-electron chi connectivity index (χ2n) is 6.10. The van der Waals surface area contributed by atoms with Crippen LogP contribution in [0.1, 0.15) is 36.3 Å². The molecule has 0 bridgehead atoms. The average Bonchev–Trinajstić information content (AvgIpc) is 3.10. The zero-order valence-corrected chi connectivity index (χ0v) is 13.3. The van der Waals surface area contributed by atoms with Crippen molar-refractivity contribution in [2.75, 3.05) is 19.6 Å². The molecule has 2 aliphatic rings. The van der Waals surface area contributed by atoms with Crippen molar-refractivity contribution in [2.24, 2.45) is 0 Å². The predicted octanol–water partition coefficient (Wildman–Crippen LogP) is 1.96. The highest BCUT2D eigenvalue weighted by Crippen LogP contribution is 2.27. The number of carboxylic acid groups (broad SMARTS) is 1. The van der Waals surface area contributed by atoms with E-state index >= 15 is 0 Å². The molecule has 0 amide bonds. The molecule has 116 valence electrons. The Hall–Kier alpha value is -0.980. The Bertz CT molecular complexity index is 497. The predicted molar refractivity (Wildman–Crippen MR) is 82.5 cm³/mol. The third-order valence-electron chi connectivity index (χ3n) is 4.82. The van der Waals surface area contributed by atoms with Crippen LogP contribution in [0.15, 0.2) is 5.51 Å². The molecule has 1 aromatic rings. The Labute approximate surface area is 129 Å².